The molecule has 1 aromatic rings. The highest BCUT2D eigenvalue weighted by Gasteiger charge is 2.30. The van der Waals surface area contributed by atoms with Gasteiger partial charge < -0.3 is 4.74 Å². The van der Waals surface area contributed by atoms with Crippen LogP contribution in [0.1, 0.15) is 11.1 Å². The Hall–Kier alpha value is -1.96. The molecule has 16 heavy (non-hydrogen) atoms. The summed E-state index contributed by atoms with van der Waals surface area (Å²) in [5.41, 5.74) is -0.560. The molecule has 0 saturated carbocycles. The van der Waals surface area contributed by atoms with E-state index in [2.05, 4.69) is 4.74 Å². The summed E-state index contributed by atoms with van der Waals surface area (Å²) in [4.78, 5) is 0. The zero-order valence-electron chi connectivity index (χ0n) is 8.38. The van der Waals surface area contributed by atoms with E-state index < -0.39 is 11.7 Å². The quantitative estimate of drug-likeness (QED) is 0.574. The van der Waals surface area contributed by atoms with Crippen LogP contribution in [0.5, 0.6) is 0 Å². The number of halogens is 3. The number of hydrogen-bond acceptors (Lipinski definition) is 2. The van der Waals surface area contributed by atoms with Gasteiger partial charge in [-0.3, -0.25) is 0 Å². The predicted molar refractivity (Wildman–Crippen MR) is 52.0 cm³/mol. The molecule has 0 atom stereocenters. The van der Waals surface area contributed by atoms with Crippen LogP contribution in [0.25, 0.3) is 5.57 Å². The van der Waals surface area contributed by atoms with E-state index in [4.69, 9.17) is 5.26 Å². The second-order valence-electron chi connectivity index (χ2n) is 2.96. The van der Waals surface area contributed by atoms with Gasteiger partial charge in [-0.05, 0) is 17.7 Å². The third-order valence-corrected chi connectivity index (χ3v) is 1.86. The molecule has 0 heterocycles. The lowest BCUT2D eigenvalue weighted by atomic mass is 10.1. The van der Waals surface area contributed by atoms with Crippen molar-refractivity contribution < 1.29 is 17.9 Å². The molecule has 0 aliphatic heterocycles. The Morgan fingerprint density at radius 3 is 2.62 bits per heavy atom. The minimum atomic E-state index is -4.41. The Kier molecular flexibility index (Phi) is 3.56. The molecule has 0 aliphatic carbocycles. The highest BCUT2D eigenvalue weighted by atomic mass is 19.4. The maximum atomic E-state index is 12.4. The molecule has 2 nitrogen and oxygen atoms in total. The molecule has 0 spiro atoms. The molecule has 1 aromatic carbocycles. The number of nitrogens with zero attached hydrogens (tertiary/aromatic N) is 1. The van der Waals surface area contributed by atoms with Crippen LogP contribution in [0, 0.1) is 11.3 Å². The van der Waals surface area contributed by atoms with Crippen LogP contribution in [-0.2, 0) is 10.9 Å². The van der Waals surface area contributed by atoms with Crippen molar-refractivity contribution >= 4 is 5.57 Å². The molecule has 0 bridgehead atoms. The van der Waals surface area contributed by atoms with Crippen molar-refractivity contribution in [2.24, 2.45) is 0 Å². The van der Waals surface area contributed by atoms with Gasteiger partial charge in [0.15, 0.2) is 0 Å². The maximum Gasteiger partial charge on any atom is 0.416 e. The molecular formula is C11H8F3NO. The SMILES string of the molecule is COC=C(C#N)c1cccc(C(F)(F)F)c1. The van der Waals surface area contributed by atoms with Crippen LogP contribution in [0.2, 0.25) is 0 Å². The highest BCUT2D eigenvalue weighted by molar-refractivity contribution is 5.76. The van der Waals surface area contributed by atoms with E-state index in [1.165, 1.54) is 19.2 Å². The van der Waals surface area contributed by atoms with Crippen molar-refractivity contribution in [1.29, 1.82) is 5.26 Å². The first-order chi connectivity index (χ1) is 7.49. The van der Waals surface area contributed by atoms with Crippen LogP contribution in [0.15, 0.2) is 30.5 Å². The van der Waals surface area contributed by atoms with Gasteiger partial charge in [-0.15, -0.1) is 0 Å². The Balaban J connectivity index is 3.18. The lowest BCUT2D eigenvalue weighted by molar-refractivity contribution is -0.137. The van der Waals surface area contributed by atoms with Gasteiger partial charge >= 0.3 is 6.18 Å². The van der Waals surface area contributed by atoms with E-state index in [9.17, 15) is 13.2 Å². The molecule has 84 valence electrons. The highest BCUT2D eigenvalue weighted by Crippen LogP contribution is 2.30. The Bertz CT molecular complexity index is 443. The second kappa shape index (κ2) is 4.71. The number of allylic oxidation sites excluding steroid dienone is 1. The van der Waals surface area contributed by atoms with Crippen molar-refractivity contribution in [3.8, 4) is 6.07 Å². The van der Waals surface area contributed by atoms with Gasteiger partial charge in [0.05, 0.1) is 18.2 Å². The second-order valence-corrected chi connectivity index (χ2v) is 2.96. The van der Waals surface area contributed by atoms with E-state index in [0.29, 0.717) is 0 Å². The smallest absolute Gasteiger partial charge is 0.416 e. The minimum Gasteiger partial charge on any atom is -0.503 e. The summed E-state index contributed by atoms with van der Waals surface area (Å²) in [7, 11) is 1.32. The van der Waals surface area contributed by atoms with E-state index in [-0.39, 0.29) is 11.1 Å². The van der Waals surface area contributed by atoms with Gasteiger partial charge in [0, 0.05) is 0 Å². The minimum absolute atomic E-state index is 0.0496. The van der Waals surface area contributed by atoms with Crippen LogP contribution in [0.4, 0.5) is 13.2 Å². The zero-order valence-corrected chi connectivity index (χ0v) is 8.38. The number of nitriles is 1. The van der Waals surface area contributed by atoms with Gasteiger partial charge in [-0.1, -0.05) is 12.1 Å². The predicted octanol–water partition coefficient (Wildman–Crippen LogP) is 3.22. The number of benzene rings is 1. The van der Waals surface area contributed by atoms with Gasteiger partial charge in [0.25, 0.3) is 0 Å². The number of rotatable bonds is 2. The molecule has 0 fully saturated rings. The van der Waals surface area contributed by atoms with Gasteiger partial charge in [-0.2, -0.15) is 18.4 Å². The number of hydrogen-bond donors (Lipinski definition) is 0. The summed E-state index contributed by atoms with van der Waals surface area (Å²) in [6.07, 6.45) is -3.31. The molecule has 0 amide bonds. The lowest BCUT2D eigenvalue weighted by Crippen LogP contribution is -2.04. The summed E-state index contributed by atoms with van der Waals surface area (Å²) in [6.45, 7) is 0. The fourth-order valence-electron chi connectivity index (χ4n) is 1.14. The molecule has 0 unspecified atom stereocenters. The average molecular weight is 227 g/mol. The third-order valence-electron chi connectivity index (χ3n) is 1.86. The molecule has 0 saturated heterocycles. The van der Waals surface area contributed by atoms with E-state index in [0.717, 1.165) is 18.4 Å². The third kappa shape index (κ3) is 2.76. The zero-order chi connectivity index (χ0) is 12.2. The molecule has 0 N–H and O–H groups in total. The molecule has 5 heteroatoms. The fraction of sp³-hybridized carbons (Fsp3) is 0.182. The van der Waals surface area contributed by atoms with Gasteiger partial charge in [-0.25, -0.2) is 0 Å². The first kappa shape index (κ1) is 12.1. The topological polar surface area (TPSA) is 33.0 Å². The molecule has 1 rings (SSSR count). The molecule has 0 aromatic heterocycles. The van der Waals surface area contributed by atoms with Crippen molar-refractivity contribution in [3.63, 3.8) is 0 Å². The van der Waals surface area contributed by atoms with E-state index >= 15 is 0 Å². The molecule has 0 radical (unpaired) electrons. The first-order valence-corrected chi connectivity index (χ1v) is 4.29. The summed E-state index contributed by atoms with van der Waals surface area (Å²) in [6, 6.07) is 6.30. The van der Waals surface area contributed by atoms with Gasteiger partial charge in [0.2, 0.25) is 0 Å². The normalized spacial score (nSPS) is 12.1. The largest absolute Gasteiger partial charge is 0.503 e. The standard InChI is InChI=1S/C11H8F3NO/c1-16-7-9(6-15)8-3-2-4-10(5-8)11(12,13)14/h2-5,7H,1H3. The van der Waals surface area contributed by atoms with Crippen LogP contribution < -0.4 is 0 Å². The summed E-state index contributed by atoms with van der Waals surface area (Å²) < 4.78 is 41.8. The average Bonchev–Trinajstić information content (AvgIpc) is 2.25. The number of alkyl halides is 3. The van der Waals surface area contributed by atoms with Crippen molar-refractivity contribution in [2.75, 3.05) is 7.11 Å². The fourth-order valence-corrected chi connectivity index (χ4v) is 1.14. The monoisotopic (exact) mass is 227 g/mol. The lowest BCUT2D eigenvalue weighted by Gasteiger charge is -2.07. The summed E-state index contributed by atoms with van der Waals surface area (Å²) >= 11 is 0. The summed E-state index contributed by atoms with van der Waals surface area (Å²) in [5.74, 6) is 0. The van der Waals surface area contributed by atoms with Crippen LogP contribution in [0.3, 0.4) is 0 Å². The number of methoxy groups -OCH3 is 1. The Labute approximate surface area is 90.6 Å². The Morgan fingerprint density at radius 1 is 1.44 bits per heavy atom. The Morgan fingerprint density at radius 2 is 2.12 bits per heavy atom. The molecule has 0 aliphatic rings. The maximum absolute atomic E-state index is 12.4. The molecular weight excluding hydrogens is 219 g/mol. The van der Waals surface area contributed by atoms with Crippen molar-refractivity contribution in [2.45, 2.75) is 6.18 Å². The van der Waals surface area contributed by atoms with Crippen molar-refractivity contribution in [3.05, 3.63) is 41.7 Å². The van der Waals surface area contributed by atoms with E-state index in [1.54, 1.807) is 6.07 Å². The van der Waals surface area contributed by atoms with Crippen LogP contribution in [-0.4, -0.2) is 7.11 Å². The van der Waals surface area contributed by atoms with Crippen molar-refractivity contribution in [1.82, 2.24) is 0 Å². The van der Waals surface area contributed by atoms with Gasteiger partial charge in [0.1, 0.15) is 12.3 Å². The summed E-state index contributed by atoms with van der Waals surface area (Å²) in [5, 5.41) is 8.72. The van der Waals surface area contributed by atoms with E-state index in [1.807, 2.05) is 0 Å². The van der Waals surface area contributed by atoms with Crippen LogP contribution >= 0.6 is 0 Å². The number of ether oxygens (including phenoxy) is 1. The first-order valence-electron chi connectivity index (χ1n) is 4.29.